The van der Waals surface area contributed by atoms with Gasteiger partial charge in [0.25, 0.3) is 0 Å². The molecule has 5 rings (SSSR count). The van der Waals surface area contributed by atoms with Crippen LogP contribution in [-0.2, 0) is 0 Å². The molecule has 1 aromatic rings. The van der Waals surface area contributed by atoms with Crippen LogP contribution in [0, 0.1) is 29.6 Å². The summed E-state index contributed by atoms with van der Waals surface area (Å²) < 4.78 is 0. The number of rotatable bonds is 2. The summed E-state index contributed by atoms with van der Waals surface area (Å²) in [6.07, 6.45) is 6.29. The molecule has 3 heteroatoms. The van der Waals surface area contributed by atoms with Crippen LogP contribution >= 0.6 is 0 Å². The molecule has 20 heavy (non-hydrogen) atoms. The average molecular weight is 271 g/mol. The van der Waals surface area contributed by atoms with Crippen molar-refractivity contribution >= 4 is 11.5 Å². The Hall–Kier alpha value is -1.51. The topological polar surface area (TPSA) is 63.3 Å². The Balaban J connectivity index is 1.67. The Kier molecular flexibility index (Phi) is 2.60. The van der Waals surface area contributed by atoms with Crippen LogP contribution in [0.5, 0.6) is 5.75 Å². The van der Waals surface area contributed by atoms with E-state index in [1.807, 2.05) is 0 Å². The Bertz CT molecular complexity index is 538. The summed E-state index contributed by atoms with van der Waals surface area (Å²) in [5.41, 5.74) is 6.98. The lowest BCUT2D eigenvalue weighted by molar-refractivity contribution is -0.0250. The Morgan fingerprint density at radius 3 is 2.25 bits per heavy atom. The Labute approximate surface area is 119 Å². The van der Waals surface area contributed by atoms with Crippen molar-refractivity contribution in [3.63, 3.8) is 0 Å². The van der Waals surface area contributed by atoms with E-state index in [1.165, 1.54) is 32.1 Å². The molecule has 3 N–H and O–H groups in total. The average Bonchev–Trinajstić information content (AvgIpc) is 2.40. The Morgan fingerprint density at radius 2 is 1.65 bits per heavy atom. The van der Waals surface area contributed by atoms with Crippen molar-refractivity contribution < 1.29 is 9.90 Å². The second-order valence-corrected chi connectivity index (χ2v) is 7.09. The number of benzene rings is 1. The van der Waals surface area contributed by atoms with Crippen LogP contribution in [0.2, 0.25) is 0 Å². The van der Waals surface area contributed by atoms with E-state index in [9.17, 15) is 9.90 Å². The second kappa shape index (κ2) is 4.24. The van der Waals surface area contributed by atoms with Crippen molar-refractivity contribution in [2.24, 2.45) is 29.6 Å². The van der Waals surface area contributed by atoms with E-state index in [0.717, 1.165) is 11.8 Å². The molecule has 106 valence electrons. The number of hydrogen-bond donors (Lipinski definition) is 2. The van der Waals surface area contributed by atoms with Crippen molar-refractivity contribution in [3.05, 3.63) is 23.8 Å². The molecule has 0 atom stereocenters. The van der Waals surface area contributed by atoms with Gasteiger partial charge in [-0.3, -0.25) is 4.79 Å². The lowest BCUT2D eigenvalue weighted by Crippen LogP contribution is -2.48. The van der Waals surface area contributed by atoms with Crippen LogP contribution in [0.25, 0.3) is 0 Å². The maximum Gasteiger partial charge on any atom is 0.168 e. The highest BCUT2D eigenvalue weighted by Crippen LogP contribution is 2.57. The number of anilines is 1. The van der Waals surface area contributed by atoms with Gasteiger partial charge in [-0.1, -0.05) is 0 Å². The van der Waals surface area contributed by atoms with Crippen molar-refractivity contribution in [1.29, 1.82) is 0 Å². The highest BCUT2D eigenvalue weighted by Gasteiger charge is 2.50. The number of phenols is 1. The minimum Gasteiger partial charge on any atom is -0.508 e. The number of nitrogens with two attached hydrogens (primary N) is 1. The molecular formula is C17H21NO2. The zero-order valence-electron chi connectivity index (χ0n) is 11.6. The van der Waals surface area contributed by atoms with Gasteiger partial charge < -0.3 is 10.8 Å². The van der Waals surface area contributed by atoms with E-state index in [4.69, 9.17) is 5.73 Å². The number of carbonyl (C=O) groups excluding carboxylic acids is 1. The third kappa shape index (κ3) is 1.75. The lowest BCUT2D eigenvalue weighted by atomic mass is 9.51. The first-order chi connectivity index (χ1) is 9.61. The summed E-state index contributed by atoms with van der Waals surface area (Å²) in [4.78, 5) is 12.9. The standard InChI is InChI=1S/C17H21NO2/c18-15-2-1-13(19)8-14(15)17(20)16-11-4-9-3-10(6-11)7-12(16)5-9/h1-2,8-12,16,19H,3-7,18H2. The van der Waals surface area contributed by atoms with Crippen LogP contribution in [0.4, 0.5) is 5.69 Å². The maximum atomic E-state index is 12.9. The second-order valence-electron chi connectivity index (χ2n) is 7.09. The fourth-order valence-electron chi connectivity index (χ4n) is 5.29. The minimum atomic E-state index is 0.131. The summed E-state index contributed by atoms with van der Waals surface area (Å²) in [5.74, 6) is 3.29. The molecule has 4 bridgehead atoms. The van der Waals surface area contributed by atoms with Crippen LogP contribution in [0.15, 0.2) is 18.2 Å². The number of carbonyl (C=O) groups is 1. The van der Waals surface area contributed by atoms with E-state index in [-0.39, 0.29) is 17.5 Å². The summed E-state index contributed by atoms with van der Waals surface area (Å²) in [6.45, 7) is 0. The van der Waals surface area contributed by atoms with Crippen molar-refractivity contribution in [2.45, 2.75) is 32.1 Å². The SMILES string of the molecule is Nc1ccc(O)cc1C(=O)C1C2CC3CC(C2)CC1C3. The smallest absolute Gasteiger partial charge is 0.168 e. The van der Waals surface area contributed by atoms with Gasteiger partial charge in [0, 0.05) is 17.2 Å². The van der Waals surface area contributed by atoms with Gasteiger partial charge in [-0.25, -0.2) is 0 Å². The molecule has 0 unspecified atom stereocenters. The molecule has 0 radical (unpaired) electrons. The lowest BCUT2D eigenvalue weighted by Gasteiger charge is -2.53. The third-order valence-electron chi connectivity index (χ3n) is 5.83. The van der Waals surface area contributed by atoms with Gasteiger partial charge in [0.15, 0.2) is 5.78 Å². The van der Waals surface area contributed by atoms with Crippen LogP contribution in [0.3, 0.4) is 0 Å². The quantitative estimate of drug-likeness (QED) is 0.493. The van der Waals surface area contributed by atoms with E-state index in [0.29, 0.717) is 23.1 Å². The predicted octanol–water partition coefficient (Wildman–Crippen LogP) is 3.23. The molecule has 4 saturated carbocycles. The zero-order chi connectivity index (χ0) is 13.9. The Morgan fingerprint density at radius 1 is 1.05 bits per heavy atom. The van der Waals surface area contributed by atoms with Crippen LogP contribution < -0.4 is 5.73 Å². The summed E-state index contributed by atoms with van der Waals surface area (Å²) in [5, 5.41) is 9.63. The first-order valence-electron chi connectivity index (χ1n) is 7.74. The molecule has 0 saturated heterocycles. The fourth-order valence-corrected chi connectivity index (χ4v) is 5.29. The largest absolute Gasteiger partial charge is 0.508 e. The van der Waals surface area contributed by atoms with Gasteiger partial charge >= 0.3 is 0 Å². The first kappa shape index (κ1) is 12.2. The van der Waals surface area contributed by atoms with Crippen LogP contribution in [0.1, 0.15) is 42.5 Å². The number of hydrogen-bond acceptors (Lipinski definition) is 3. The summed E-state index contributed by atoms with van der Waals surface area (Å²) >= 11 is 0. The monoisotopic (exact) mass is 271 g/mol. The molecular weight excluding hydrogens is 250 g/mol. The zero-order valence-corrected chi connectivity index (χ0v) is 11.6. The van der Waals surface area contributed by atoms with E-state index in [2.05, 4.69) is 0 Å². The molecule has 3 nitrogen and oxygen atoms in total. The fraction of sp³-hybridized carbons (Fsp3) is 0.588. The summed E-state index contributed by atoms with van der Waals surface area (Å²) in [7, 11) is 0. The highest BCUT2D eigenvalue weighted by molar-refractivity contribution is 6.03. The molecule has 0 spiro atoms. The van der Waals surface area contributed by atoms with Gasteiger partial charge in [0.2, 0.25) is 0 Å². The van der Waals surface area contributed by atoms with Crippen LogP contribution in [-0.4, -0.2) is 10.9 Å². The van der Waals surface area contributed by atoms with Crippen molar-refractivity contribution in [1.82, 2.24) is 0 Å². The number of ketones is 1. The summed E-state index contributed by atoms with van der Waals surface area (Å²) in [6, 6.07) is 4.73. The molecule has 1 aromatic carbocycles. The van der Waals surface area contributed by atoms with Gasteiger partial charge in [-0.15, -0.1) is 0 Å². The van der Waals surface area contributed by atoms with Gasteiger partial charge in [-0.05, 0) is 74.0 Å². The predicted molar refractivity (Wildman–Crippen MR) is 77.4 cm³/mol. The van der Waals surface area contributed by atoms with Gasteiger partial charge in [-0.2, -0.15) is 0 Å². The number of Topliss-reactive ketones (excluding diaryl/α,β-unsaturated/α-hetero) is 1. The molecule has 0 aromatic heterocycles. The highest BCUT2D eigenvalue weighted by atomic mass is 16.3. The minimum absolute atomic E-state index is 0.131. The molecule has 0 heterocycles. The van der Waals surface area contributed by atoms with E-state index >= 15 is 0 Å². The molecule has 4 aliphatic carbocycles. The van der Waals surface area contributed by atoms with Crippen molar-refractivity contribution in [2.75, 3.05) is 5.73 Å². The molecule has 0 aliphatic heterocycles. The molecule has 4 fully saturated rings. The first-order valence-corrected chi connectivity index (χ1v) is 7.74. The van der Waals surface area contributed by atoms with Gasteiger partial charge in [0.1, 0.15) is 5.75 Å². The third-order valence-corrected chi connectivity index (χ3v) is 5.83. The van der Waals surface area contributed by atoms with E-state index < -0.39 is 0 Å². The maximum absolute atomic E-state index is 12.9. The van der Waals surface area contributed by atoms with Gasteiger partial charge in [0.05, 0.1) is 0 Å². The number of nitrogen functional groups attached to an aromatic ring is 1. The van der Waals surface area contributed by atoms with E-state index in [1.54, 1.807) is 18.2 Å². The molecule has 4 aliphatic rings. The number of aromatic hydroxyl groups is 1. The number of phenolic OH excluding ortho intramolecular Hbond substituents is 1. The van der Waals surface area contributed by atoms with Crippen molar-refractivity contribution in [3.8, 4) is 5.75 Å². The molecule has 0 amide bonds. The normalized spacial score (nSPS) is 38.1.